The fourth-order valence-electron chi connectivity index (χ4n) is 4.04. The number of halogens is 1. The van der Waals surface area contributed by atoms with E-state index in [4.69, 9.17) is 4.74 Å². The third-order valence-electron chi connectivity index (χ3n) is 5.34. The summed E-state index contributed by atoms with van der Waals surface area (Å²) in [4.78, 5) is 0. The summed E-state index contributed by atoms with van der Waals surface area (Å²) in [6, 6.07) is 13.4. The van der Waals surface area contributed by atoms with E-state index in [-0.39, 0.29) is 11.9 Å². The summed E-state index contributed by atoms with van der Waals surface area (Å²) in [6.45, 7) is 2.90. The molecule has 0 aromatic heterocycles. The van der Waals surface area contributed by atoms with Crippen LogP contribution in [0.2, 0.25) is 0 Å². The molecule has 2 aromatic rings. The lowest BCUT2D eigenvalue weighted by Gasteiger charge is -2.38. The summed E-state index contributed by atoms with van der Waals surface area (Å²) in [5.74, 6) is 1.59. The predicted molar refractivity (Wildman–Crippen MR) is 99.6 cm³/mol. The number of para-hydroxylation sites is 1. The standard InChI is InChI=1S/C22H24FNO/c1-2-3-14-25-20-9-5-8-19-17-6-4-7-18(17)21(24-22(19)20)15-10-12-16(23)13-11-15/h4-6,8-13,17-18,21,24H,2-3,7,14H2,1H3. The Labute approximate surface area is 148 Å². The van der Waals surface area contributed by atoms with Gasteiger partial charge in [-0.15, -0.1) is 0 Å². The van der Waals surface area contributed by atoms with Crippen molar-refractivity contribution in [2.75, 3.05) is 11.9 Å². The van der Waals surface area contributed by atoms with Gasteiger partial charge in [0.15, 0.2) is 0 Å². The Balaban J connectivity index is 1.70. The molecule has 1 aliphatic carbocycles. The zero-order valence-corrected chi connectivity index (χ0v) is 14.5. The average molecular weight is 337 g/mol. The van der Waals surface area contributed by atoms with E-state index in [0.29, 0.717) is 11.8 Å². The summed E-state index contributed by atoms with van der Waals surface area (Å²) in [5, 5.41) is 3.71. The van der Waals surface area contributed by atoms with Gasteiger partial charge in [-0.1, -0.05) is 49.8 Å². The number of hydrogen-bond donors (Lipinski definition) is 1. The summed E-state index contributed by atoms with van der Waals surface area (Å²) in [6.07, 6.45) is 7.80. The Hall–Kier alpha value is -2.29. The topological polar surface area (TPSA) is 21.3 Å². The molecule has 2 aliphatic rings. The Morgan fingerprint density at radius 3 is 2.80 bits per heavy atom. The first-order valence-electron chi connectivity index (χ1n) is 9.22. The number of anilines is 1. The SMILES string of the molecule is CCCCOc1cccc2c1NC(c1ccc(F)cc1)C1CC=CC21. The van der Waals surface area contributed by atoms with E-state index in [0.717, 1.165) is 42.9 Å². The summed E-state index contributed by atoms with van der Waals surface area (Å²) in [7, 11) is 0. The van der Waals surface area contributed by atoms with Gasteiger partial charge in [-0.2, -0.15) is 0 Å². The van der Waals surface area contributed by atoms with Gasteiger partial charge in [-0.25, -0.2) is 4.39 Å². The second kappa shape index (κ2) is 6.91. The molecule has 3 atom stereocenters. The number of hydrogen-bond acceptors (Lipinski definition) is 2. The highest BCUT2D eigenvalue weighted by atomic mass is 19.1. The lowest BCUT2D eigenvalue weighted by molar-refractivity contribution is 0.308. The van der Waals surface area contributed by atoms with E-state index in [1.165, 1.54) is 5.56 Å². The minimum atomic E-state index is -0.190. The van der Waals surface area contributed by atoms with Gasteiger partial charge in [0.2, 0.25) is 0 Å². The van der Waals surface area contributed by atoms with Crippen molar-refractivity contribution in [1.82, 2.24) is 0 Å². The van der Waals surface area contributed by atoms with Crippen molar-refractivity contribution < 1.29 is 9.13 Å². The van der Waals surface area contributed by atoms with Gasteiger partial charge in [0, 0.05) is 5.92 Å². The smallest absolute Gasteiger partial charge is 0.142 e. The summed E-state index contributed by atoms with van der Waals surface area (Å²) in [5.41, 5.74) is 3.54. The molecule has 130 valence electrons. The molecule has 3 unspecified atom stereocenters. The number of allylic oxidation sites excluding steroid dienone is 2. The highest BCUT2D eigenvalue weighted by molar-refractivity contribution is 5.67. The van der Waals surface area contributed by atoms with Crippen molar-refractivity contribution in [2.24, 2.45) is 5.92 Å². The van der Waals surface area contributed by atoms with Gasteiger partial charge in [-0.3, -0.25) is 0 Å². The average Bonchev–Trinajstić information content (AvgIpc) is 3.12. The molecule has 2 nitrogen and oxygen atoms in total. The Bertz CT molecular complexity index is 768. The zero-order chi connectivity index (χ0) is 17.2. The van der Waals surface area contributed by atoms with Crippen LogP contribution in [-0.2, 0) is 0 Å². The zero-order valence-electron chi connectivity index (χ0n) is 14.5. The van der Waals surface area contributed by atoms with Crippen molar-refractivity contribution in [2.45, 2.75) is 38.1 Å². The normalized spacial score (nSPS) is 23.7. The fourth-order valence-corrected chi connectivity index (χ4v) is 4.04. The van der Waals surface area contributed by atoms with E-state index >= 15 is 0 Å². The molecule has 0 fully saturated rings. The van der Waals surface area contributed by atoms with E-state index in [9.17, 15) is 4.39 Å². The van der Waals surface area contributed by atoms with Crippen molar-refractivity contribution in [3.05, 3.63) is 71.6 Å². The molecular weight excluding hydrogens is 313 g/mol. The molecule has 0 amide bonds. The molecule has 1 N–H and O–H groups in total. The number of benzene rings is 2. The molecule has 1 aliphatic heterocycles. The van der Waals surface area contributed by atoms with Crippen LogP contribution in [0.3, 0.4) is 0 Å². The molecule has 2 aromatic carbocycles. The third-order valence-corrected chi connectivity index (χ3v) is 5.34. The molecule has 3 heteroatoms. The molecule has 0 saturated carbocycles. The maximum absolute atomic E-state index is 13.3. The maximum Gasteiger partial charge on any atom is 0.142 e. The van der Waals surface area contributed by atoms with Crippen LogP contribution in [0.15, 0.2) is 54.6 Å². The van der Waals surface area contributed by atoms with Crippen LogP contribution in [0.4, 0.5) is 10.1 Å². The van der Waals surface area contributed by atoms with Gasteiger partial charge in [0.05, 0.1) is 18.3 Å². The van der Waals surface area contributed by atoms with Crippen molar-refractivity contribution >= 4 is 5.69 Å². The number of ether oxygens (including phenoxy) is 1. The van der Waals surface area contributed by atoms with Crippen LogP contribution < -0.4 is 10.1 Å². The van der Waals surface area contributed by atoms with Crippen LogP contribution >= 0.6 is 0 Å². The highest BCUT2D eigenvalue weighted by Gasteiger charge is 2.38. The Morgan fingerprint density at radius 1 is 1.16 bits per heavy atom. The van der Waals surface area contributed by atoms with E-state index in [1.54, 1.807) is 12.1 Å². The molecule has 25 heavy (non-hydrogen) atoms. The number of unbranched alkanes of at least 4 members (excludes halogenated alkanes) is 1. The number of nitrogens with one attached hydrogen (secondary N) is 1. The van der Waals surface area contributed by atoms with Crippen LogP contribution in [0.25, 0.3) is 0 Å². The minimum Gasteiger partial charge on any atom is -0.491 e. The first-order chi connectivity index (χ1) is 12.3. The Morgan fingerprint density at radius 2 is 2.00 bits per heavy atom. The molecule has 1 heterocycles. The van der Waals surface area contributed by atoms with Gasteiger partial charge < -0.3 is 10.1 Å². The lowest BCUT2D eigenvalue weighted by Crippen LogP contribution is -2.29. The summed E-state index contributed by atoms with van der Waals surface area (Å²) < 4.78 is 19.4. The monoisotopic (exact) mass is 337 g/mol. The quantitative estimate of drug-likeness (QED) is 0.547. The molecule has 4 rings (SSSR count). The first kappa shape index (κ1) is 16.2. The molecule has 0 spiro atoms. The Kier molecular flexibility index (Phi) is 4.48. The van der Waals surface area contributed by atoms with E-state index < -0.39 is 0 Å². The van der Waals surface area contributed by atoms with Gasteiger partial charge in [0.1, 0.15) is 11.6 Å². The number of rotatable bonds is 5. The molecule has 0 bridgehead atoms. The highest BCUT2D eigenvalue weighted by Crippen LogP contribution is 2.52. The third kappa shape index (κ3) is 3.04. The predicted octanol–water partition coefficient (Wildman–Crippen LogP) is 5.83. The van der Waals surface area contributed by atoms with E-state index in [2.05, 4.69) is 36.5 Å². The van der Waals surface area contributed by atoms with Crippen molar-refractivity contribution in [3.63, 3.8) is 0 Å². The molecule has 0 saturated heterocycles. The van der Waals surface area contributed by atoms with Crippen molar-refractivity contribution in [1.29, 1.82) is 0 Å². The van der Waals surface area contributed by atoms with Crippen LogP contribution in [0.1, 0.15) is 49.3 Å². The van der Waals surface area contributed by atoms with Gasteiger partial charge >= 0.3 is 0 Å². The molecule has 0 radical (unpaired) electrons. The summed E-state index contributed by atoms with van der Waals surface area (Å²) >= 11 is 0. The second-order valence-electron chi connectivity index (χ2n) is 6.95. The van der Waals surface area contributed by atoms with Crippen LogP contribution in [0, 0.1) is 11.7 Å². The lowest BCUT2D eigenvalue weighted by atomic mass is 9.77. The minimum absolute atomic E-state index is 0.170. The largest absolute Gasteiger partial charge is 0.491 e. The van der Waals surface area contributed by atoms with Gasteiger partial charge in [0.25, 0.3) is 0 Å². The van der Waals surface area contributed by atoms with Crippen LogP contribution in [0.5, 0.6) is 5.75 Å². The van der Waals surface area contributed by atoms with Crippen LogP contribution in [-0.4, -0.2) is 6.61 Å². The second-order valence-corrected chi connectivity index (χ2v) is 6.95. The number of fused-ring (bicyclic) bond motifs is 3. The molecular formula is C22H24FNO. The first-order valence-corrected chi connectivity index (χ1v) is 9.22. The maximum atomic E-state index is 13.3. The fraction of sp³-hybridized carbons (Fsp3) is 0.364. The van der Waals surface area contributed by atoms with Gasteiger partial charge in [-0.05, 0) is 48.1 Å². The van der Waals surface area contributed by atoms with Crippen molar-refractivity contribution in [3.8, 4) is 5.75 Å². The van der Waals surface area contributed by atoms with E-state index in [1.807, 2.05) is 18.2 Å².